The molecule has 2 rings (SSSR count). The van der Waals surface area contributed by atoms with Gasteiger partial charge in [-0.1, -0.05) is 0 Å². The molecule has 1 aliphatic heterocycles. The molecule has 0 saturated carbocycles. The second-order valence-corrected chi connectivity index (χ2v) is 3.84. The second-order valence-electron chi connectivity index (χ2n) is 3.84. The summed E-state index contributed by atoms with van der Waals surface area (Å²) in [6.07, 6.45) is 4.13. The first-order chi connectivity index (χ1) is 7.34. The number of pyridine rings is 1. The van der Waals surface area contributed by atoms with Gasteiger partial charge in [-0.2, -0.15) is 0 Å². The summed E-state index contributed by atoms with van der Waals surface area (Å²) >= 11 is 0. The molecule has 0 bridgehead atoms. The topological polar surface area (TPSA) is 46.2 Å². The van der Waals surface area contributed by atoms with E-state index in [1.54, 1.807) is 12.4 Å². The average molecular weight is 207 g/mol. The fourth-order valence-corrected chi connectivity index (χ4v) is 1.69. The lowest BCUT2D eigenvalue weighted by atomic mass is 10.2. The number of hydrogen-bond acceptors (Lipinski definition) is 4. The van der Waals surface area contributed by atoms with E-state index in [-0.39, 0.29) is 6.10 Å². The summed E-state index contributed by atoms with van der Waals surface area (Å²) in [5.74, 6) is 0. The van der Waals surface area contributed by atoms with Crippen molar-refractivity contribution in [3.8, 4) is 0 Å². The summed E-state index contributed by atoms with van der Waals surface area (Å²) in [5.41, 5.74) is 1.09. The van der Waals surface area contributed by atoms with Gasteiger partial charge in [0.2, 0.25) is 0 Å². The smallest absolute Gasteiger partial charge is 0.0875 e. The van der Waals surface area contributed by atoms with Crippen LogP contribution in [0.4, 0.5) is 5.69 Å². The van der Waals surface area contributed by atoms with Gasteiger partial charge in [-0.3, -0.25) is 4.98 Å². The van der Waals surface area contributed by atoms with Gasteiger partial charge >= 0.3 is 0 Å². The highest BCUT2D eigenvalue weighted by molar-refractivity contribution is 5.40. The minimum absolute atomic E-state index is 0.252. The third-order valence-corrected chi connectivity index (χ3v) is 2.44. The molecule has 4 heteroatoms. The zero-order valence-electron chi connectivity index (χ0n) is 8.94. The molecule has 1 aromatic rings. The van der Waals surface area contributed by atoms with Gasteiger partial charge in [-0.15, -0.1) is 0 Å². The van der Waals surface area contributed by atoms with E-state index in [9.17, 15) is 0 Å². The Morgan fingerprint density at radius 2 is 2.27 bits per heavy atom. The van der Waals surface area contributed by atoms with Crippen molar-refractivity contribution < 1.29 is 4.74 Å². The fraction of sp³-hybridized carbons (Fsp3) is 0.545. The molecule has 1 aromatic heterocycles. The number of morpholine rings is 1. The largest absolute Gasteiger partial charge is 0.382 e. The van der Waals surface area contributed by atoms with Crippen LogP contribution in [-0.2, 0) is 4.74 Å². The molecule has 0 amide bonds. The van der Waals surface area contributed by atoms with Gasteiger partial charge in [0, 0.05) is 37.7 Å². The predicted molar refractivity (Wildman–Crippen MR) is 59.9 cm³/mol. The SMILES string of the molecule is C[C@@H]1CNC[C@@H](CNc2ccncc2)O1. The van der Waals surface area contributed by atoms with E-state index in [2.05, 4.69) is 22.5 Å². The van der Waals surface area contributed by atoms with Crippen molar-refractivity contribution in [3.05, 3.63) is 24.5 Å². The van der Waals surface area contributed by atoms with Crippen LogP contribution in [0.15, 0.2) is 24.5 Å². The number of rotatable bonds is 3. The van der Waals surface area contributed by atoms with Gasteiger partial charge in [0.15, 0.2) is 0 Å². The molecule has 2 atom stereocenters. The third kappa shape index (κ3) is 3.18. The molecule has 4 nitrogen and oxygen atoms in total. The monoisotopic (exact) mass is 207 g/mol. The summed E-state index contributed by atoms with van der Waals surface area (Å²) in [6, 6.07) is 3.92. The van der Waals surface area contributed by atoms with Crippen molar-refractivity contribution in [2.45, 2.75) is 19.1 Å². The average Bonchev–Trinajstić information content (AvgIpc) is 2.28. The van der Waals surface area contributed by atoms with E-state index in [0.717, 1.165) is 25.3 Å². The second kappa shape index (κ2) is 5.09. The molecule has 82 valence electrons. The molecule has 0 unspecified atom stereocenters. The summed E-state index contributed by atoms with van der Waals surface area (Å²) < 4.78 is 5.77. The van der Waals surface area contributed by atoms with Crippen LogP contribution >= 0.6 is 0 Å². The van der Waals surface area contributed by atoms with Crippen molar-refractivity contribution in [1.29, 1.82) is 0 Å². The fourth-order valence-electron chi connectivity index (χ4n) is 1.69. The Balaban J connectivity index is 1.78. The summed E-state index contributed by atoms with van der Waals surface area (Å²) in [6.45, 7) is 4.79. The molecule has 0 radical (unpaired) electrons. The van der Waals surface area contributed by atoms with Gasteiger partial charge in [0.25, 0.3) is 0 Å². The minimum Gasteiger partial charge on any atom is -0.382 e. The van der Waals surface area contributed by atoms with Gasteiger partial charge in [-0.05, 0) is 19.1 Å². The molecular weight excluding hydrogens is 190 g/mol. The Labute approximate surface area is 90.0 Å². The quantitative estimate of drug-likeness (QED) is 0.772. The summed E-state index contributed by atoms with van der Waals surface area (Å²) in [7, 11) is 0. The number of hydrogen-bond donors (Lipinski definition) is 2. The maximum atomic E-state index is 5.77. The van der Waals surface area contributed by atoms with E-state index in [1.165, 1.54) is 0 Å². The van der Waals surface area contributed by atoms with Crippen LogP contribution in [0.25, 0.3) is 0 Å². The predicted octanol–water partition coefficient (Wildman–Crippen LogP) is 0.870. The van der Waals surface area contributed by atoms with Gasteiger partial charge in [0.05, 0.1) is 12.2 Å². The van der Waals surface area contributed by atoms with E-state index in [4.69, 9.17) is 4.74 Å². The van der Waals surface area contributed by atoms with Crippen LogP contribution in [-0.4, -0.2) is 36.8 Å². The maximum absolute atomic E-state index is 5.77. The summed E-state index contributed by atoms with van der Waals surface area (Å²) in [5, 5.41) is 6.67. The first-order valence-corrected chi connectivity index (χ1v) is 5.34. The molecule has 1 saturated heterocycles. The highest BCUT2D eigenvalue weighted by Crippen LogP contribution is 2.07. The molecule has 0 aromatic carbocycles. The minimum atomic E-state index is 0.252. The van der Waals surface area contributed by atoms with Crippen molar-refractivity contribution in [3.63, 3.8) is 0 Å². The van der Waals surface area contributed by atoms with Crippen LogP contribution in [0.2, 0.25) is 0 Å². The van der Waals surface area contributed by atoms with Crippen molar-refractivity contribution >= 4 is 5.69 Å². The standard InChI is InChI=1S/C11H17N3O/c1-9-6-13-7-11(15-9)8-14-10-2-4-12-5-3-10/h2-5,9,11,13H,6-8H2,1H3,(H,12,14)/t9-,11+/m1/s1. The zero-order chi connectivity index (χ0) is 10.5. The third-order valence-electron chi connectivity index (χ3n) is 2.44. The highest BCUT2D eigenvalue weighted by atomic mass is 16.5. The van der Waals surface area contributed by atoms with E-state index in [0.29, 0.717) is 6.10 Å². The lowest BCUT2D eigenvalue weighted by molar-refractivity contribution is -0.0196. The van der Waals surface area contributed by atoms with E-state index in [1.807, 2.05) is 12.1 Å². The molecular formula is C11H17N3O. The molecule has 1 aliphatic rings. The molecule has 2 N–H and O–H groups in total. The van der Waals surface area contributed by atoms with Crippen LogP contribution in [0.3, 0.4) is 0 Å². The van der Waals surface area contributed by atoms with E-state index >= 15 is 0 Å². The zero-order valence-corrected chi connectivity index (χ0v) is 8.94. The maximum Gasteiger partial charge on any atom is 0.0875 e. The van der Waals surface area contributed by atoms with Crippen LogP contribution in [0, 0.1) is 0 Å². The van der Waals surface area contributed by atoms with Gasteiger partial charge in [0.1, 0.15) is 0 Å². The Kier molecular flexibility index (Phi) is 3.53. The Bertz CT molecular complexity index is 291. The first kappa shape index (κ1) is 10.4. The molecule has 0 spiro atoms. The van der Waals surface area contributed by atoms with E-state index < -0.39 is 0 Å². The molecule has 0 aliphatic carbocycles. The summed E-state index contributed by atoms with van der Waals surface area (Å²) in [4.78, 5) is 3.97. The number of nitrogens with one attached hydrogen (secondary N) is 2. The number of ether oxygens (including phenoxy) is 1. The Morgan fingerprint density at radius 3 is 3.00 bits per heavy atom. The number of anilines is 1. The van der Waals surface area contributed by atoms with Gasteiger partial charge < -0.3 is 15.4 Å². The number of aromatic nitrogens is 1. The normalized spacial score (nSPS) is 26.2. The van der Waals surface area contributed by atoms with Crippen LogP contribution in [0.1, 0.15) is 6.92 Å². The van der Waals surface area contributed by atoms with Crippen molar-refractivity contribution in [2.75, 3.05) is 25.0 Å². The molecule has 15 heavy (non-hydrogen) atoms. The van der Waals surface area contributed by atoms with Crippen molar-refractivity contribution in [2.24, 2.45) is 0 Å². The van der Waals surface area contributed by atoms with Gasteiger partial charge in [-0.25, -0.2) is 0 Å². The van der Waals surface area contributed by atoms with Crippen molar-refractivity contribution in [1.82, 2.24) is 10.3 Å². The Morgan fingerprint density at radius 1 is 1.47 bits per heavy atom. The van der Waals surface area contributed by atoms with Crippen LogP contribution < -0.4 is 10.6 Å². The lowest BCUT2D eigenvalue weighted by Crippen LogP contribution is -2.46. The molecule has 2 heterocycles. The number of nitrogens with zero attached hydrogens (tertiary/aromatic N) is 1. The first-order valence-electron chi connectivity index (χ1n) is 5.34. The Hall–Kier alpha value is -1.13. The lowest BCUT2D eigenvalue weighted by Gasteiger charge is -2.29. The van der Waals surface area contributed by atoms with Crippen LogP contribution in [0.5, 0.6) is 0 Å². The molecule has 1 fully saturated rings. The highest BCUT2D eigenvalue weighted by Gasteiger charge is 2.17.